The van der Waals surface area contributed by atoms with Crippen LogP contribution in [0.5, 0.6) is 17.2 Å². The highest BCUT2D eigenvalue weighted by Crippen LogP contribution is 2.35. The summed E-state index contributed by atoms with van der Waals surface area (Å²) in [5.41, 5.74) is 1.10. The van der Waals surface area contributed by atoms with Gasteiger partial charge in [0.25, 0.3) is 0 Å². The Morgan fingerprint density at radius 3 is 2.00 bits per heavy atom. The van der Waals surface area contributed by atoms with Crippen molar-refractivity contribution in [1.29, 1.82) is 0 Å². The minimum Gasteiger partial charge on any atom is -0.496 e. The van der Waals surface area contributed by atoms with E-state index >= 15 is 0 Å². The van der Waals surface area contributed by atoms with Crippen molar-refractivity contribution >= 4 is 0 Å². The molecule has 0 saturated carbocycles. The van der Waals surface area contributed by atoms with Crippen molar-refractivity contribution in [1.82, 2.24) is 5.32 Å². The molecular weight excluding hydrogens is 242 g/mol. The van der Waals surface area contributed by atoms with Gasteiger partial charge in [-0.1, -0.05) is 13.3 Å². The van der Waals surface area contributed by atoms with Crippen molar-refractivity contribution in [3.05, 3.63) is 17.7 Å². The van der Waals surface area contributed by atoms with Gasteiger partial charge in [0.05, 0.1) is 21.3 Å². The molecule has 1 aromatic carbocycles. The molecular formula is C15H25NO3. The Labute approximate surface area is 116 Å². The number of ether oxygens (including phenoxy) is 3. The molecule has 0 aliphatic rings. The highest BCUT2D eigenvalue weighted by Gasteiger charge is 2.17. The van der Waals surface area contributed by atoms with Gasteiger partial charge in [0.1, 0.15) is 17.2 Å². The number of benzene rings is 1. The molecule has 0 fully saturated rings. The monoisotopic (exact) mass is 267 g/mol. The first-order chi connectivity index (χ1) is 9.19. The van der Waals surface area contributed by atoms with Gasteiger partial charge in [0.15, 0.2) is 0 Å². The van der Waals surface area contributed by atoms with Crippen molar-refractivity contribution in [2.75, 3.05) is 34.9 Å². The topological polar surface area (TPSA) is 39.7 Å². The third-order valence-corrected chi connectivity index (χ3v) is 3.38. The van der Waals surface area contributed by atoms with Gasteiger partial charge in [0.2, 0.25) is 0 Å². The number of nitrogens with one attached hydrogen (secondary N) is 1. The first-order valence-corrected chi connectivity index (χ1v) is 6.63. The van der Waals surface area contributed by atoms with Gasteiger partial charge in [-0.2, -0.15) is 0 Å². The molecule has 19 heavy (non-hydrogen) atoms. The normalized spacial score (nSPS) is 12.1. The summed E-state index contributed by atoms with van der Waals surface area (Å²) in [7, 11) is 6.97. The average Bonchev–Trinajstić information content (AvgIpc) is 2.46. The van der Waals surface area contributed by atoms with E-state index in [4.69, 9.17) is 14.2 Å². The lowest BCUT2D eigenvalue weighted by molar-refractivity contribution is 0.361. The second kappa shape index (κ2) is 7.89. The molecule has 0 aliphatic heterocycles. The van der Waals surface area contributed by atoms with Gasteiger partial charge in [-0.05, 0) is 25.9 Å². The fourth-order valence-corrected chi connectivity index (χ4v) is 2.22. The molecule has 0 spiro atoms. The van der Waals surface area contributed by atoms with Gasteiger partial charge in [0, 0.05) is 17.7 Å². The summed E-state index contributed by atoms with van der Waals surface area (Å²) in [4.78, 5) is 0. The van der Waals surface area contributed by atoms with Crippen molar-refractivity contribution in [2.45, 2.75) is 19.8 Å². The van der Waals surface area contributed by atoms with Crippen LogP contribution in [0, 0.1) is 5.92 Å². The molecule has 0 aliphatic carbocycles. The predicted octanol–water partition coefficient (Wildman–Crippen LogP) is 2.50. The van der Waals surface area contributed by atoms with Crippen LogP contribution in [0.15, 0.2) is 12.1 Å². The summed E-state index contributed by atoms with van der Waals surface area (Å²) in [6, 6.07) is 3.81. The molecule has 0 amide bonds. The lowest BCUT2D eigenvalue weighted by atomic mass is 9.95. The summed E-state index contributed by atoms with van der Waals surface area (Å²) >= 11 is 0. The minimum absolute atomic E-state index is 0.557. The predicted molar refractivity (Wildman–Crippen MR) is 77.5 cm³/mol. The van der Waals surface area contributed by atoms with E-state index in [9.17, 15) is 0 Å². The van der Waals surface area contributed by atoms with Crippen LogP contribution in [0.25, 0.3) is 0 Å². The van der Waals surface area contributed by atoms with E-state index in [1.807, 2.05) is 19.2 Å². The van der Waals surface area contributed by atoms with Gasteiger partial charge in [-0.25, -0.2) is 0 Å². The third-order valence-electron chi connectivity index (χ3n) is 3.38. The second-order valence-electron chi connectivity index (χ2n) is 4.55. The maximum absolute atomic E-state index is 5.47. The Hall–Kier alpha value is -1.42. The Morgan fingerprint density at radius 2 is 1.63 bits per heavy atom. The number of hydrogen-bond donors (Lipinski definition) is 1. The van der Waals surface area contributed by atoms with E-state index in [-0.39, 0.29) is 0 Å². The van der Waals surface area contributed by atoms with Crippen LogP contribution in [0.2, 0.25) is 0 Å². The smallest absolute Gasteiger partial charge is 0.129 e. The zero-order chi connectivity index (χ0) is 14.3. The molecule has 1 rings (SSSR count). The molecule has 1 aromatic rings. The maximum atomic E-state index is 5.47. The molecule has 0 heterocycles. The van der Waals surface area contributed by atoms with E-state index in [2.05, 4.69) is 12.2 Å². The fraction of sp³-hybridized carbons (Fsp3) is 0.600. The summed E-state index contributed by atoms with van der Waals surface area (Å²) in [6.45, 7) is 3.18. The third kappa shape index (κ3) is 4.03. The largest absolute Gasteiger partial charge is 0.496 e. The van der Waals surface area contributed by atoms with Crippen LogP contribution >= 0.6 is 0 Å². The van der Waals surface area contributed by atoms with Crippen LogP contribution in [-0.2, 0) is 6.42 Å². The molecule has 108 valence electrons. The van der Waals surface area contributed by atoms with E-state index in [1.165, 1.54) is 0 Å². The van der Waals surface area contributed by atoms with Crippen molar-refractivity contribution in [3.63, 3.8) is 0 Å². The highest BCUT2D eigenvalue weighted by atomic mass is 16.5. The van der Waals surface area contributed by atoms with Crippen molar-refractivity contribution in [3.8, 4) is 17.2 Å². The molecule has 1 unspecified atom stereocenters. The lowest BCUT2D eigenvalue weighted by Crippen LogP contribution is -2.20. The first-order valence-electron chi connectivity index (χ1n) is 6.63. The molecule has 0 bridgehead atoms. The molecule has 4 nitrogen and oxygen atoms in total. The minimum atomic E-state index is 0.557. The second-order valence-corrected chi connectivity index (χ2v) is 4.55. The zero-order valence-electron chi connectivity index (χ0n) is 12.6. The van der Waals surface area contributed by atoms with Crippen LogP contribution in [-0.4, -0.2) is 34.9 Å². The van der Waals surface area contributed by atoms with Gasteiger partial charge in [-0.3, -0.25) is 0 Å². The standard InChI is InChI=1S/C15H25NO3/c1-6-11(10-16-2)7-13-14(18-4)8-12(17-3)9-15(13)19-5/h8-9,11,16H,6-7,10H2,1-5H3. The van der Waals surface area contributed by atoms with Crippen LogP contribution in [0.4, 0.5) is 0 Å². The van der Waals surface area contributed by atoms with Crippen LogP contribution in [0.3, 0.4) is 0 Å². The molecule has 0 radical (unpaired) electrons. The zero-order valence-corrected chi connectivity index (χ0v) is 12.6. The van der Waals surface area contributed by atoms with Gasteiger partial charge >= 0.3 is 0 Å². The number of hydrogen-bond acceptors (Lipinski definition) is 4. The van der Waals surface area contributed by atoms with Crippen LogP contribution in [0.1, 0.15) is 18.9 Å². The lowest BCUT2D eigenvalue weighted by Gasteiger charge is -2.19. The van der Waals surface area contributed by atoms with Crippen LogP contribution < -0.4 is 19.5 Å². The van der Waals surface area contributed by atoms with Gasteiger partial charge in [-0.15, -0.1) is 0 Å². The molecule has 0 aromatic heterocycles. The molecule has 1 atom stereocenters. The Balaban J connectivity index is 3.08. The Bertz CT molecular complexity index is 368. The first kappa shape index (κ1) is 15.6. The molecule has 4 heteroatoms. The highest BCUT2D eigenvalue weighted by molar-refractivity contribution is 5.50. The van der Waals surface area contributed by atoms with E-state index in [1.54, 1.807) is 21.3 Å². The van der Waals surface area contributed by atoms with Gasteiger partial charge < -0.3 is 19.5 Å². The van der Waals surface area contributed by atoms with E-state index in [0.29, 0.717) is 5.92 Å². The fourth-order valence-electron chi connectivity index (χ4n) is 2.22. The maximum Gasteiger partial charge on any atom is 0.129 e. The summed E-state index contributed by atoms with van der Waals surface area (Å²) in [6.07, 6.45) is 2.03. The summed E-state index contributed by atoms with van der Waals surface area (Å²) in [5, 5.41) is 3.23. The number of methoxy groups -OCH3 is 3. The quantitative estimate of drug-likeness (QED) is 0.785. The van der Waals surface area contributed by atoms with E-state index in [0.717, 1.165) is 42.2 Å². The Morgan fingerprint density at radius 1 is 1.05 bits per heavy atom. The van der Waals surface area contributed by atoms with Crippen molar-refractivity contribution in [2.24, 2.45) is 5.92 Å². The molecule has 0 saturated heterocycles. The SMILES string of the molecule is CCC(CNC)Cc1c(OC)cc(OC)cc1OC. The Kier molecular flexibility index (Phi) is 6.50. The van der Waals surface area contributed by atoms with Crippen molar-refractivity contribution < 1.29 is 14.2 Å². The van der Waals surface area contributed by atoms with E-state index < -0.39 is 0 Å². The number of rotatable bonds is 8. The summed E-state index contributed by atoms with van der Waals surface area (Å²) in [5.74, 6) is 2.96. The molecule has 1 N–H and O–H groups in total. The summed E-state index contributed by atoms with van der Waals surface area (Å²) < 4.78 is 16.2. The average molecular weight is 267 g/mol.